The minimum atomic E-state index is 0.802. The Bertz CT molecular complexity index is 232. The summed E-state index contributed by atoms with van der Waals surface area (Å²) in [4.78, 5) is 6.03. The molecule has 0 bridgehead atoms. The predicted octanol–water partition coefficient (Wildman–Crippen LogP) is 0.519. The third-order valence-electron chi connectivity index (χ3n) is 1.91. The molecule has 0 N–H and O–H groups in total. The molecule has 2 heterocycles. The SMILES string of the molecule is [c]1[c]c(N2CCOCC2)ccn1. The average Bonchev–Trinajstić information content (AvgIpc) is 2.21. The van der Waals surface area contributed by atoms with Crippen molar-refractivity contribution in [1.82, 2.24) is 4.98 Å². The van der Waals surface area contributed by atoms with Crippen LogP contribution in [0.15, 0.2) is 12.3 Å². The van der Waals surface area contributed by atoms with Crippen LogP contribution in [0.25, 0.3) is 0 Å². The fraction of sp³-hybridized carbons (Fsp3) is 0.444. The molecule has 1 aromatic heterocycles. The number of nitrogens with zero attached hydrogens (tertiary/aromatic N) is 2. The van der Waals surface area contributed by atoms with E-state index in [4.69, 9.17) is 4.74 Å². The van der Waals surface area contributed by atoms with Crippen LogP contribution >= 0.6 is 0 Å². The van der Waals surface area contributed by atoms with E-state index in [0.717, 1.165) is 32.0 Å². The maximum absolute atomic E-state index is 5.24. The number of morpholine rings is 1. The normalized spacial score (nSPS) is 17.8. The first kappa shape index (κ1) is 7.55. The van der Waals surface area contributed by atoms with E-state index in [1.807, 2.05) is 6.07 Å². The molecule has 1 aliphatic heterocycles. The van der Waals surface area contributed by atoms with Crippen LogP contribution < -0.4 is 4.90 Å². The fourth-order valence-corrected chi connectivity index (χ4v) is 1.27. The van der Waals surface area contributed by atoms with Gasteiger partial charge in [-0.25, -0.2) is 0 Å². The number of pyridine rings is 1. The third-order valence-corrected chi connectivity index (χ3v) is 1.91. The summed E-state index contributed by atoms with van der Waals surface area (Å²) >= 11 is 0. The van der Waals surface area contributed by atoms with Crippen LogP contribution in [0.1, 0.15) is 0 Å². The molecule has 0 aliphatic carbocycles. The second-order valence-electron chi connectivity index (χ2n) is 2.67. The van der Waals surface area contributed by atoms with Crippen LogP contribution in [0.3, 0.4) is 0 Å². The lowest BCUT2D eigenvalue weighted by Crippen LogP contribution is -2.36. The second kappa shape index (κ2) is 3.54. The predicted molar refractivity (Wildman–Crippen MR) is 44.9 cm³/mol. The van der Waals surface area contributed by atoms with Gasteiger partial charge in [0, 0.05) is 31.0 Å². The zero-order valence-electron chi connectivity index (χ0n) is 6.79. The smallest absolute Gasteiger partial charge is 0.0994 e. The van der Waals surface area contributed by atoms with Crippen molar-refractivity contribution in [3.63, 3.8) is 0 Å². The van der Waals surface area contributed by atoms with E-state index in [-0.39, 0.29) is 0 Å². The fourth-order valence-electron chi connectivity index (χ4n) is 1.27. The molecule has 0 amide bonds. The molecule has 1 fully saturated rings. The van der Waals surface area contributed by atoms with E-state index in [0.29, 0.717) is 0 Å². The summed E-state index contributed by atoms with van der Waals surface area (Å²) in [6, 6.07) is 4.92. The van der Waals surface area contributed by atoms with Crippen molar-refractivity contribution in [1.29, 1.82) is 0 Å². The molecule has 2 rings (SSSR count). The highest BCUT2D eigenvalue weighted by atomic mass is 16.5. The Morgan fingerprint density at radius 3 is 2.92 bits per heavy atom. The summed E-state index contributed by atoms with van der Waals surface area (Å²) in [5.41, 5.74) is 1.06. The van der Waals surface area contributed by atoms with Crippen LogP contribution in [0.4, 0.5) is 5.69 Å². The molecule has 1 aliphatic rings. The Labute approximate surface area is 72.0 Å². The van der Waals surface area contributed by atoms with E-state index >= 15 is 0 Å². The van der Waals surface area contributed by atoms with Crippen LogP contribution in [-0.4, -0.2) is 31.3 Å². The number of hydrogen-bond acceptors (Lipinski definition) is 3. The molecule has 1 saturated heterocycles. The maximum Gasteiger partial charge on any atom is 0.0994 e. The standard InChI is InChI=1S/C9H10N2O/c1-3-10-4-2-9(1)11-5-7-12-8-6-11/h1,3H,5-8H2. The molecule has 0 spiro atoms. The Kier molecular flexibility index (Phi) is 2.23. The second-order valence-corrected chi connectivity index (χ2v) is 2.67. The van der Waals surface area contributed by atoms with Crippen molar-refractivity contribution in [3.8, 4) is 0 Å². The summed E-state index contributed by atoms with van der Waals surface area (Å²) in [5.74, 6) is 0. The molecule has 3 heteroatoms. The minimum Gasteiger partial charge on any atom is -0.378 e. The molecular weight excluding hydrogens is 152 g/mol. The van der Waals surface area contributed by atoms with E-state index in [9.17, 15) is 0 Å². The van der Waals surface area contributed by atoms with Crippen molar-refractivity contribution < 1.29 is 4.74 Å². The first-order valence-electron chi connectivity index (χ1n) is 4.04. The summed E-state index contributed by atoms with van der Waals surface area (Å²) < 4.78 is 5.24. The zero-order valence-corrected chi connectivity index (χ0v) is 6.79. The Hall–Kier alpha value is -1.09. The topological polar surface area (TPSA) is 25.4 Å². The number of rotatable bonds is 1. The lowest BCUT2D eigenvalue weighted by molar-refractivity contribution is 0.122. The number of aromatic nitrogens is 1. The summed E-state index contributed by atoms with van der Waals surface area (Å²) in [6.07, 6.45) is 4.44. The van der Waals surface area contributed by atoms with Crippen LogP contribution in [-0.2, 0) is 4.74 Å². The highest BCUT2D eigenvalue weighted by Crippen LogP contribution is 2.11. The molecular formula is C9H10N2O. The van der Waals surface area contributed by atoms with E-state index in [1.165, 1.54) is 0 Å². The van der Waals surface area contributed by atoms with Crippen molar-refractivity contribution >= 4 is 5.69 Å². The van der Waals surface area contributed by atoms with Gasteiger partial charge in [0.1, 0.15) is 0 Å². The largest absolute Gasteiger partial charge is 0.378 e. The highest BCUT2D eigenvalue weighted by molar-refractivity contribution is 5.43. The number of ether oxygens (including phenoxy) is 1. The van der Waals surface area contributed by atoms with Gasteiger partial charge in [0.05, 0.1) is 19.4 Å². The van der Waals surface area contributed by atoms with E-state index in [1.54, 1.807) is 6.20 Å². The molecule has 0 aromatic carbocycles. The van der Waals surface area contributed by atoms with Crippen LogP contribution in [0, 0.1) is 12.3 Å². The zero-order chi connectivity index (χ0) is 8.23. The summed E-state index contributed by atoms with van der Waals surface area (Å²) in [6.45, 7) is 3.48. The number of hydrogen-bond donors (Lipinski definition) is 0. The Morgan fingerprint density at radius 1 is 1.42 bits per heavy atom. The van der Waals surface area contributed by atoms with Crippen molar-refractivity contribution in [2.45, 2.75) is 0 Å². The molecule has 0 saturated carbocycles. The third kappa shape index (κ3) is 1.56. The van der Waals surface area contributed by atoms with Gasteiger partial charge >= 0.3 is 0 Å². The first-order valence-corrected chi connectivity index (χ1v) is 4.04. The van der Waals surface area contributed by atoms with Crippen molar-refractivity contribution in [2.24, 2.45) is 0 Å². The quantitative estimate of drug-likeness (QED) is 0.602. The van der Waals surface area contributed by atoms with Gasteiger partial charge < -0.3 is 9.64 Å². The van der Waals surface area contributed by atoms with Gasteiger partial charge in [0.25, 0.3) is 0 Å². The Morgan fingerprint density at radius 2 is 2.25 bits per heavy atom. The van der Waals surface area contributed by atoms with Gasteiger partial charge in [-0.1, -0.05) is 0 Å². The van der Waals surface area contributed by atoms with Crippen molar-refractivity contribution in [3.05, 3.63) is 24.5 Å². The van der Waals surface area contributed by atoms with Crippen molar-refractivity contribution in [2.75, 3.05) is 31.2 Å². The van der Waals surface area contributed by atoms with Gasteiger partial charge in [-0.2, -0.15) is 0 Å². The minimum absolute atomic E-state index is 0.802. The Balaban J connectivity index is 2.08. The molecule has 3 nitrogen and oxygen atoms in total. The lowest BCUT2D eigenvalue weighted by atomic mass is 10.3. The van der Waals surface area contributed by atoms with Gasteiger partial charge in [0.15, 0.2) is 0 Å². The molecule has 62 valence electrons. The van der Waals surface area contributed by atoms with E-state index < -0.39 is 0 Å². The van der Waals surface area contributed by atoms with Gasteiger partial charge in [-0.3, -0.25) is 4.98 Å². The molecule has 0 unspecified atom stereocenters. The highest BCUT2D eigenvalue weighted by Gasteiger charge is 2.10. The maximum atomic E-state index is 5.24. The van der Waals surface area contributed by atoms with Gasteiger partial charge in [0.2, 0.25) is 0 Å². The van der Waals surface area contributed by atoms with Gasteiger partial charge in [-0.05, 0) is 6.07 Å². The monoisotopic (exact) mass is 162 g/mol. The van der Waals surface area contributed by atoms with Crippen LogP contribution in [0.5, 0.6) is 0 Å². The number of anilines is 1. The average molecular weight is 162 g/mol. The molecule has 1 aromatic rings. The van der Waals surface area contributed by atoms with E-state index in [2.05, 4.69) is 22.1 Å². The first-order chi connectivity index (χ1) is 5.97. The van der Waals surface area contributed by atoms with Crippen LogP contribution in [0.2, 0.25) is 0 Å². The lowest BCUT2D eigenvalue weighted by Gasteiger charge is -2.28. The van der Waals surface area contributed by atoms with Gasteiger partial charge in [-0.15, -0.1) is 0 Å². The summed E-state index contributed by atoms with van der Waals surface area (Å²) in [5, 5.41) is 0. The molecule has 12 heavy (non-hydrogen) atoms. The molecule has 2 radical (unpaired) electrons. The molecule has 0 atom stereocenters. The summed E-state index contributed by atoms with van der Waals surface area (Å²) in [7, 11) is 0.